The van der Waals surface area contributed by atoms with Gasteiger partial charge in [-0.1, -0.05) is 12.1 Å². The average molecular weight is 421 g/mol. The van der Waals surface area contributed by atoms with Crippen LogP contribution in [0.3, 0.4) is 0 Å². The van der Waals surface area contributed by atoms with Gasteiger partial charge in [0.15, 0.2) is 11.5 Å². The summed E-state index contributed by atoms with van der Waals surface area (Å²) < 4.78 is 11.2. The summed E-state index contributed by atoms with van der Waals surface area (Å²) in [5.74, 6) is 2.54. The van der Waals surface area contributed by atoms with E-state index in [0.29, 0.717) is 13.2 Å². The summed E-state index contributed by atoms with van der Waals surface area (Å²) in [4.78, 5) is 23.3. The lowest BCUT2D eigenvalue weighted by atomic mass is 9.95. The molecule has 0 radical (unpaired) electrons. The minimum atomic E-state index is -0.0834. The Hall–Kier alpha value is -3.22. The van der Waals surface area contributed by atoms with Crippen LogP contribution < -0.4 is 19.7 Å². The number of imidazole rings is 1. The monoisotopic (exact) mass is 420 g/mol. The largest absolute Gasteiger partial charge is 0.486 e. The second kappa shape index (κ2) is 8.13. The highest BCUT2D eigenvalue weighted by atomic mass is 16.6. The number of nitrogens with zero attached hydrogens (tertiary/aromatic N) is 2. The van der Waals surface area contributed by atoms with Crippen LogP contribution in [0, 0.1) is 12.8 Å². The molecule has 0 bridgehead atoms. The number of amides is 1. The molecule has 7 heteroatoms. The van der Waals surface area contributed by atoms with Gasteiger partial charge in [-0.3, -0.25) is 4.79 Å². The summed E-state index contributed by atoms with van der Waals surface area (Å²) in [6.07, 6.45) is 1.63. The lowest BCUT2D eigenvalue weighted by Gasteiger charge is -2.31. The van der Waals surface area contributed by atoms with E-state index in [1.54, 1.807) is 0 Å². The normalized spacial score (nSPS) is 17.5. The van der Waals surface area contributed by atoms with Crippen molar-refractivity contribution in [3.63, 3.8) is 0 Å². The van der Waals surface area contributed by atoms with Gasteiger partial charge in [-0.2, -0.15) is 0 Å². The van der Waals surface area contributed by atoms with E-state index in [9.17, 15) is 4.79 Å². The number of hydrogen-bond donors (Lipinski definition) is 2. The summed E-state index contributed by atoms with van der Waals surface area (Å²) >= 11 is 0. The topological polar surface area (TPSA) is 79.5 Å². The minimum Gasteiger partial charge on any atom is -0.486 e. The number of aromatic nitrogens is 2. The van der Waals surface area contributed by atoms with Crippen molar-refractivity contribution >= 4 is 22.9 Å². The second-order valence-electron chi connectivity index (χ2n) is 8.48. The maximum atomic E-state index is 12.9. The van der Waals surface area contributed by atoms with E-state index < -0.39 is 0 Å². The smallest absolute Gasteiger partial charge is 0.223 e. The average Bonchev–Trinajstić information content (AvgIpc) is 3.22. The van der Waals surface area contributed by atoms with Gasteiger partial charge >= 0.3 is 0 Å². The van der Waals surface area contributed by atoms with Gasteiger partial charge in [-0.25, -0.2) is 4.98 Å². The van der Waals surface area contributed by atoms with E-state index in [1.165, 1.54) is 5.56 Å². The lowest BCUT2D eigenvalue weighted by molar-refractivity contribution is -0.126. The van der Waals surface area contributed by atoms with Crippen molar-refractivity contribution in [2.75, 3.05) is 31.2 Å². The molecule has 162 valence electrons. The third kappa shape index (κ3) is 4.04. The molecule has 1 fully saturated rings. The zero-order valence-electron chi connectivity index (χ0n) is 18.0. The molecular weight excluding hydrogens is 392 g/mol. The minimum absolute atomic E-state index is 0.0162. The van der Waals surface area contributed by atoms with Crippen molar-refractivity contribution in [2.24, 2.45) is 5.92 Å². The Morgan fingerprint density at radius 3 is 2.71 bits per heavy atom. The summed E-state index contributed by atoms with van der Waals surface area (Å²) in [6, 6.07) is 12.0. The molecule has 1 amide bonds. The predicted octanol–water partition coefficient (Wildman–Crippen LogP) is 3.74. The van der Waals surface area contributed by atoms with Crippen molar-refractivity contribution in [1.82, 2.24) is 15.3 Å². The van der Waals surface area contributed by atoms with E-state index in [1.807, 2.05) is 31.2 Å². The molecule has 2 aromatic carbocycles. The van der Waals surface area contributed by atoms with Gasteiger partial charge in [0.25, 0.3) is 0 Å². The quantitative estimate of drug-likeness (QED) is 0.672. The number of carbonyl (C=O) groups excluding carboxylic acids is 1. The number of anilines is 1. The van der Waals surface area contributed by atoms with Crippen molar-refractivity contribution in [3.8, 4) is 11.5 Å². The molecule has 31 heavy (non-hydrogen) atoms. The number of rotatable bonds is 4. The molecule has 5 rings (SSSR count). The van der Waals surface area contributed by atoms with E-state index in [2.05, 4.69) is 34.3 Å². The van der Waals surface area contributed by atoms with Crippen LogP contribution in [0.2, 0.25) is 0 Å². The van der Waals surface area contributed by atoms with Gasteiger partial charge in [0, 0.05) is 19.0 Å². The van der Waals surface area contributed by atoms with Crippen LogP contribution in [-0.2, 0) is 4.79 Å². The number of piperidine rings is 1. The summed E-state index contributed by atoms with van der Waals surface area (Å²) in [5.41, 5.74) is 4.27. The van der Waals surface area contributed by atoms with Gasteiger partial charge in [-0.15, -0.1) is 0 Å². The van der Waals surface area contributed by atoms with Gasteiger partial charge in [-0.05, 0) is 62.1 Å². The van der Waals surface area contributed by atoms with Gasteiger partial charge in [0.1, 0.15) is 13.2 Å². The van der Waals surface area contributed by atoms with Gasteiger partial charge in [0.2, 0.25) is 11.9 Å². The van der Waals surface area contributed by atoms with Crippen molar-refractivity contribution in [1.29, 1.82) is 0 Å². The Kier molecular flexibility index (Phi) is 5.18. The first-order chi connectivity index (χ1) is 15.1. The first kappa shape index (κ1) is 19.7. The molecule has 1 saturated heterocycles. The highest BCUT2D eigenvalue weighted by Gasteiger charge is 2.27. The number of aryl methyl sites for hydroxylation is 1. The third-order valence-corrected chi connectivity index (χ3v) is 6.22. The molecule has 7 nitrogen and oxygen atoms in total. The molecular formula is C24H28N4O3. The van der Waals surface area contributed by atoms with E-state index >= 15 is 0 Å². The van der Waals surface area contributed by atoms with Crippen LogP contribution in [0.25, 0.3) is 11.0 Å². The molecule has 0 aliphatic carbocycles. The van der Waals surface area contributed by atoms with Gasteiger partial charge < -0.3 is 24.7 Å². The molecule has 2 aliphatic heterocycles. The van der Waals surface area contributed by atoms with Crippen LogP contribution in [-0.4, -0.2) is 42.2 Å². The molecule has 3 aromatic rings. The van der Waals surface area contributed by atoms with Crippen molar-refractivity contribution < 1.29 is 14.3 Å². The summed E-state index contributed by atoms with van der Waals surface area (Å²) in [5, 5.41) is 3.18. The molecule has 2 aliphatic rings. The number of benzene rings is 2. The number of H-pyrrole nitrogens is 1. The van der Waals surface area contributed by atoms with Crippen LogP contribution in [0.5, 0.6) is 11.5 Å². The Labute approximate surface area is 181 Å². The Balaban J connectivity index is 1.18. The van der Waals surface area contributed by atoms with E-state index in [0.717, 1.165) is 60.0 Å². The van der Waals surface area contributed by atoms with Crippen LogP contribution in [0.1, 0.15) is 36.9 Å². The van der Waals surface area contributed by atoms with E-state index in [-0.39, 0.29) is 17.9 Å². The number of aromatic amines is 1. The molecule has 3 heterocycles. The first-order valence-corrected chi connectivity index (χ1v) is 11.0. The number of hydrogen-bond acceptors (Lipinski definition) is 5. The number of ether oxygens (including phenoxy) is 2. The maximum absolute atomic E-state index is 12.9. The fourth-order valence-corrected chi connectivity index (χ4v) is 4.36. The Morgan fingerprint density at radius 2 is 1.90 bits per heavy atom. The molecule has 0 spiro atoms. The SMILES string of the molecule is Cc1ccc2nc(N3CCC(C(=O)NC(C)c4ccc5c(c4)OCCO5)CC3)[nH]c2c1. The van der Waals surface area contributed by atoms with Crippen molar-refractivity contribution in [3.05, 3.63) is 47.5 Å². The van der Waals surface area contributed by atoms with Crippen LogP contribution in [0.4, 0.5) is 5.95 Å². The van der Waals surface area contributed by atoms with E-state index in [4.69, 9.17) is 14.5 Å². The molecule has 0 saturated carbocycles. The molecule has 1 unspecified atom stereocenters. The zero-order valence-corrected chi connectivity index (χ0v) is 18.0. The molecule has 2 N–H and O–H groups in total. The number of carbonyl (C=O) groups is 1. The molecule has 1 atom stereocenters. The first-order valence-electron chi connectivity index (χ1n) is 11.0. The highest BCUT2D eigenvalue weighted by molar-refractivity contribution is 5.80. The lowest BCUT2D eigenvalue weighted by Crippen LogP contribution is -2.41. The maximum Gasteiger partial charge on any atom is 0.223 e. The zero-order chi connectivity index (χ0) is 21.4. The van der Waals surface area contributed by atoms with Crippen LogP contribution >= 0.6 is 0 Å². The number of fused-ring (bicyclic) bond motifs is 2. The summed E-state index contributed by atoms with van der Waals surface area (Å²) in [7, 11) is 0. The molecule has 1 aromatic heterocycles. The van der Waals surface area contributed by atoms with Crippen molar-refractivity contribution in [2.45, 2.75) is 32.7 Å². The fourth-order valence-electron chi connectivity index (χ4n) is 4.36. The van der Waals surface area contributed by atoms with Crippen LogP contribution in [0.15, 0.2) is 36.4 Å². The third-order valence-electron chi connectivity index (χ3n) is 6.22. The fraction of sp³-hybridized carbons (Fsp3) is 0.417. The Morgan fingerprint density at radius 1 is 1.13 bits per heavy atom. The summed E-state index contributed by atoms with van der Waals surface area (Å²) in [6.45, 7) is 6.85. The Bertz CT molecular complexity index is 1100. The highest BCUT2D eigenvalue weighted by Crippen LogP contribution is 2.33. The predicted molar refractivity (Wildman–Crippen MR) is 120 cm³/mol. The standard InChI is InChI=1S/C24H28N4O3/c1-15-3-5-19-20(13-15)27-24(26-19)28-9-7-17(8-10-28)23(29)25-16(2)18-4-6-21-22(14-18)31-12-11-30-21/h3-6,13-14,16-17H,7-12H2,1-2H3,(H,25,29)(H,26,27). The number of nitrogens with one attached hydrogen (secondary N) is 2. The van der Waals surface area contributed by atoms with Gasteiger partial charge in [0.05, 0.1) is 17.1 Å². The second-order valence-corrected chi connectivity index (χ2v) is 8.48.